The van der Waals surface area contributed by atoms with Crippen LogP contribution in [-0.2, 0) is 14.3 Å². The fourth-order valence-electron chi connectivity index (χ4n) is 3.56. The summed E-state index contributed by atoms with van der Waals surface area (Å²) >= 11 is 0. The Morgan fingerprint density at radius 3 is 2.48 bits per heavy atom. The van der Waals surface area contributed by atoms with Crippen molar-refractivity contribution < 1.29 is 19.1 Å². The van der Waals surface area contributed by atoms with Gasteiger partial charge in [-0.05, 0) is 38.0 Å². The minimum absolute atomic E-state index is 0.0987. The highest BCUT2D eigenvalue weighted by Gasteiger charge is 2.26. The highest BCUT2D eigenvalue weighted by molar-refractivity contribution is 5.97. The first-order chi connectivity index (χ1) is 13.0. The average Bonchev–Trinajstić information content (AvgIpc) is 2.91. The second kappa shape index (κ2) is 10.7. The summed E-state index contributed by atoms with van der Waals surface area (Å²) in [5, 5.41) is 2.71. The number of nitrogens with one attached hydrogen (secondary N) is 1. The summed E-state index contributed by atoms with van der Waals surface area (Å²) < 4.78 is 5.03. The monoisotopic (exact) mass is 374 g/mol. The fourth-order valence-corrected chi connectivity index (χ4v) is 3.56. The Kier molecular flexibility index (Phi) is 8.30. The van der Waals surface area contributed by atoms with Gasteiger partial charge in [0.2, 0.25) is 5.91 Å². The molecule has 1 aromatic carbocycles. The van der Waals surface area contributed by atoms with Crippen LogP contribution in [0.4, 0.5) is 5.69 Å². The number of nitrogens with zero attached hydrogens (tertiary/aromatic N) is 1. The third-order valence-electron chi connectivity index (χ3n) is 4.82. The molecule has 1 aliphatic carbocycles. The summed E-state index contributed by atoms with van der Waals surface area (Å²) in [4.78, 5) is 38.2. The molecule has 0 aromatic heterocycles. The van der Waals surface area contributed by atoms with Crippen molar-refractivity contribution in [1.29, 1.82) is 0 Å². The lowest BCUT2D eigenvalue weighted by atomic mass is 10.0. The molecular formula is C21H30N2O4. The van der Waals surface area contributed by atoms with Crippen LogP contribution in [0.2, 0.25) is 0 Å². The fraction of sp³-hybridized carbons (Fsp3) is 0.571. The molecule has 6 heteroatoms. The van der Waals surface area contributed by atoms with Gasteiger partial charge in [-0.3, -0.25) is 14.4 Å². The summed E-state index contributed by atoms with van der Waals surface area (Å²) in [5.41, 5.74) is 1.12. The lowest BCUT2D eigenvalue weighted by Gasteiger charge is -2.31. The van der Waals surface area contributed by atoms with Crippen molar-refractivity contribution in [2.75, 3.05) is 18.5 Å². The molecule has 27 heavy (non-hydrogen) atoms. The van der Waals surface area contributed by atoms with Crippen LogP contribution in [0.15, 0.2) is 24.3 Å². The van der Waals surface area contributed by atoms with Crippen molar-refractivity contribution in [2.24, 2.45) is 0 Å². The Morgan fingerprint density at radius 1 is 1.15 bits per heavy atom. The van der Waals surface area contributed by atoms with E-state index in [1.54, 1.807) is 31.2 Å². The van der Waals surface area contributed by atoms with Crippen LogP contribution in [0, 0.1) is 0 Å². The molecule has 1 fully saturated rings. The number of amides is 2. The van der Waals surface area contributed by atoms with E-state index in [0.29, 0.717) is 24.4 Å². The van der Waals surface area contributed by atoms with E-state index in [9.17, 15) is 14.4 Å². The molecule has 1 aliphatic rings. The lowest BCUT2D eigenvalue weighted by Crippen LogP contribution is -2.41. The quantitative estimate of drug-likeness (QED) is 0.582. The number of anilines is 1. The molecule has 1 aromatic rings. The maximum Gasteiger partial charge on any atom is 0.307 e. The first kappa shape index (κ1) is 20.9. The molecule has 0 unspecified atom stereocenters. The first-order valence-electron chi connectivity index (χ1n) is 9.85. The SMILES string of the molecule is CCOC(=O)CCN(C(=O)c1cccc(NC(C)=O)c1)C1CCCCCC1. The largest absolute Gasteiger partial charge is 0.466 e. The average molecular weight is 374 g/mol. The molecule has 6 nitrogen and oxygen atoms in total. The highest BCUT2D eigenvalue weighted by atomic mass is 16.5. The van der Waals surface area contributed by atoms with Crippen LogP contribution in [0.5, 0.6) is 0 Å². The van der Waals surface area contributed by atoms with E-state index < -0.39 is 0 Å². The predicted molar refractivity (Wildman–Crippen MR) is 105 cm³/mol. The van der Waals surface area contributed by atoms with Gasteiger partial charge in [0, 0.05) is 30.8 Å². The van der Waals surface area contributed by atoms with E-state index in [1.165, 1.54) is 19.8 Å². The van der Waals surface area contributed by atoms with Gasteiger partial charge in [0.15, 0.2) is 0 Å². The number of hydrogen-bond acceptors (Lipinski definition) is 4. The third-order valence-corrected chi connectivity index (χ3v) is 4.82. The maximum atomic E-state index is 13.2. The van der Waals surface area contributed by atoms with Gasteiger partial charge < -0.3 is 15.0 Å². The highest BCUT2D eigenvalue weighted by Crippen LogP contribution is 2.24. The Balaban J connectivity index is 2.18. The number of rotatable bonds is 7. The maximum absolute atomic E-state index is 13.2. The van der Waals surface area contributed by atoms with Crippen molar-refractivity contribution in [1.82, 2.24) is 4.90 Å². The summed E-state index contributed by atoms with van der Waals surface area (Å²) in [6.07, 6.45) is 6.68. The normalized spacial score (nSPS) is 14.9. The molecule has 0 heterocycles. The predicted octanol–water partition coefficient (Wildman–Crippen LogP) is 3.76. The minimum atomic E-state index is -0.282. The lowest BCUT2D eigenvalue weighted by molar-refractivity contribution is -0.143. The molecule has 0 bridgehead atoms. The van der Waals surface area contributed by atoms with Gasteiger partial charge >= 0.3 is 5.97 Å². The zero-order valence-electron chi connectivity index (χ0n) is 16.3. The number of carbonyl (C=O) groups excluding carboxylic acids is 3. The molecule has 2 rings (SSSR count). The summed E-state index contributed by atoms with van der Waals surface area (Å²) in [5.74, 6) is -0.558. The van der Waals surface area contributed by atoms with Gasteiger partial charge in [-0.15, -0.1) is 0 Å². The van der Waals surface area contributed by atoms with E-state index in [1.807, 2.05) is 4.90 Å². The van der Waals surface area contributed by atoms with Gasteiger partial charge in [-0.1, -0.05) is 31.7 Å². The molecule has 0 radical (unpaired) electrons. The summed E-state index contributed by atoms with van der Waals surface area (Å²) in [7, 11) is 0. The Morgan fingerprint density at radius 2 is 1.85 bits per heavy atom. The topological polar surface area (TPSA) is 75.7 Å². The molecule has 1 N–H and O–H groups in total. The Bertz CT molecular complexity index is 651. The van der Waals surface area contributed by atoms with Gasteiger partial charge in [0.1, 0.15) is 0 Å². The van der Waals surface area contributed by atoms with Crippen LogP contribution in [0.1, 0.15) is 69.2 Å². The molecule has 0 atom stereocenters. The molecule has 148 valence electrons. The number of esters is 1. The second-order valence-electron chi connectivity index (χ2n) is 6.96. The number of hydrogen-bond donors (Lipinski definition) is 1. The number of benzene rings is 1. The summed E-state index contributed by atoms with van der Waals surface area (Å²) in [6.45, 7) is 3.91. The van der Waals surface area contributed by atoms with Crippen molar-refractivity contribution >= 4 is 23.5 Å². The van der Waals surface area contributed by atoms with E-state index in [2.05, 4.69) is 5.32 Å². The van der Waals surface area contributed by atoms with Crippen molar-refractivity contribution in [3.63, 3.8) is 0 Å². The molecular weight excluding hydrogens is 344 g/mol. The van der Waals surface area contributed by atoms with Crippen molar-refractivity contribution in [3.8, 4) is 0 Å². The zero-order chi connectivity index (χ0) is 19.6. The van der Waals surface area contributed by atoms with E-state index in [-0.39, 0.29) is 30.2 Å². The first-order valence-corrected chi connectivity index (χ1v) is 9.85. The third kappa shape index (κ3) is 6.70. The van der Waals surface area contributed by atoms with Gasteiger partial charge in [-0.25, -0.2) is 0 Å². The van der Waals surface area contributed by atoms with E-state index in [4.69, 9.17) is 4.74 Å². The summed E-state index contributed by atoms with van der Waals surface area (Å²) in [6, 6.07) is 7.10. The molecule has 0 spiro atoms. The number of carbonyl (C=O) groups is 3. The molecule has 0 aliphatic heterocycles. The second-order valence-corrected chi connectivity index (χ2v) is 6.96. The number of ether oxygens (including phenoxy) is 1. The Labute approximate surface area is 161 Å². The smallest absolute Gasteiger partial charge is 0.307 e. The van der Waals surface area contributed by atoms with Crippen LogP contribution >= 0.6 is 0 Å². The molecule has 2 amide bonds. The van der Waals surface area contributed by atoms with Gasteiger partial charge in [-0.2, -0.15) is 0 Å². The van der Waals surface area contributed by atoms with Crippen LogP contribution in [0.25, 0.3) is 0 Å². The molecule has 0 saturated heterocycles. The minimum Gasteiger partial charge on any atom is -0.466 e. The van der Waals surface area contributed by atoms with Crippen LogP contribution in [0.3, 0.4) is 0 Å². The van der Waals surface area contributed by atoms with Crippen LogP contribution < -0.4 is 5.32 Å². The zero-order valence-corrected chi connectivity index (χ0v) is 16.3. The van der Waals surface area contributed by atoms with Crippen LogP contribution in [-0.4, -0.2) is 41.9 Å². The van der Waals surface area contributed by atoms with E-state index >= 15 is 0 Å². The van der Waals surface area contributed by atoms with Crippen molar-refractivity contribution in [2.45, 2.75) is 64.8 Å². The molecule has 1 saturated carbocycles. The van der Waals surface area contributed by atoms with E-state index in [0.717, 1.165) is 25.7 Å². The van der Waals surface area contributed by atoms with Crippen molar-refractivity contribution in [3.05, 3.63) is 29.8 Å². The Hall–Kier alpha value is -2.37. The standard InChI is InChI=1S/C21H30N2O4/c1-3-27-20(25)13-14-23(19-11-6-4-5-7-12-19)21(26)17-9-8-10-18(15-17)22-16(2)24/h8-10,15,19H,3-7,11-14H2,1-2H3,(H,22,24). The van der Waals surface area contributed by atoms with Gasteiger partial charge in [0.05, 0.1) is 13.0 Å². The van der Waals surface area contributed by atoms with Gasteiger partial charge in [0.25, 0.3) is 5.91 Å².